The summed E-state index contributed by atoms with van der Waals surface area (Å²) in [5.41, 5.74) is 2.79. The second-order valence-electron chi connectivity index (χ2n) is 7.36. The van der Waals surface area contributed by atoms with Gasteiger partial charge in [-0.15, -0.1) is 11.6 Å². The number of hydrogen-bond donors (Lipinski definition) is 2. The lowest BCUT2D eigenvalue weighted by Gasteiger charge is -2.30. The SMILES string of the molecule is COc1cn(CC2=CC=C(F)C(Cl)C2)c(Nc2cccc3c2C=CC(O)N3C)nc1=O. The number of halogens is 2. The first-order valence-corrected chi connectivity index (χ1v) is 10.1. The Hall–Kier alpha value is -3.10. The summed E-state index contributed by atoms with van der Waals surface area (Å²) in [5, 5.41) is 12.6. The van der Waals surface area contributed by atoms with Crippen molar-refractivity contribution < 1.29 is 14.2 Å². The predicted octanol–water partition coefficient (Wildman–Crippen LogP) is 3.57. The van der Waals surface area contributed by atoms with E-state index < -0.39 is 17.2 Å². The number of alkyl halides is 1. The lowest BCUT2D eigenvalue weighted by Crippen LogP contribution is -2.32. The van der Waals surface area contributed by atoms with Crippen LogP contribution in [0, 0.1) is 0 Å². The van der Waals surface area contributed by atoms with E-state index >= 15 is 0 Å². The zero-order chi connectivity index (χ0) is 22.1. The molecule has 2 aliphatic rings. The van der Waals surface area contributed by atoms with Crippen LogP contribution in [0.2, 0.25) is 0 Å². The summed E-state index contributed by atoms with van der Waals surface area (Å²) in [4.78, 5) is 18.2. The highest BCUT2D eigenvalue weighted by atomic mass is 35.5. The fraction of sp³-hybridized carbons (Fsp3) is 0.273. The van der Waals surface area contributed by atoms with Gasteiger partial charge in [0, 0.05) is 24.8 Å². The number of hydrogen-bond acceptors (Lipinski definition) is 6. The molecule has 9 heteroatoms. The van der Waals surface area contributed by atoms with Gasteiger partial charge in [-0.25, -0.2) is 4.39 Å². The molecule has 1 aromatic carbocycles. The zero-order valence-corrected chi connectivity index (χ0v) is 17.8. The number of nitrogens with zero attached hydrogens (tertiary/aromatic N) is 3. The Morgan fingerprint density at radius 2 is 2.19 bits per heavy atom. The maximum atomic E-state index is 13.6. The zero-order valence-electron chi connectivity index (χ0n) is 17.0. The molecule has 1 aliphatic heterocycles. The van der Waals surface area contributed by atoms with Crippen LogP contribution in [0.1, 0.15) is 12.0 Å². The van der Waals surface area contributed by atoms with Gasteiger partial charge in [-0.3, -0.25) is 4.79 Å². The summed E-state index contributed by atoms with van der Waals surface area (Å²) in [5.74, 6) is 0.0424. The second kappa shape index (κ2) is 8.56. The smallest absolute Gasteiger partial charge is 0.316 e. The number of ether oxygens (including phenoxy) is 1. The van der Waals surface area contributed by atoms with Crippen LogP contribution in [0.4, 0.5) is 21.7 Å². The standard InChI is InChI=1S/C22H22ClFN4O3/c1-27-18-5-3-4-17(14(18)7-9-20(27)29)25-22-26-21(30)19(31-2)12-28(22)11-13-6-8-16(24)15(23)10-13/h3-9,12,15,20,29H,10-11H2,1-2H3,(H,25,26,30). The minimum absolute atomic E-state index is 0.101. The van der Waals surface area contributed by atoms with Crippen LogP contribution in [0.15, 0.2) is 58.8 Å². The van der Waals surface area contributed by atoms with E-state index in [0.29, 0.717) is 18.9 Å². The number of nitrogens with one attached hydrogen (secondary N) is 1. The largest absolute Gasteiger partial charge is 0.490 e. The van der Waals surface area contributed by atoms with Crippen molar-refractivity contribution in [2.75, 3.05) is 24.4 Å². The van der Waals surface area contributed by atoms with E-state index in [9.17, 15) is 14.3 Å². The molecule has 31 heavy (non-hydrogen) atoms. The van der Waals surface area contributed by atoms with E-state index in [2.05, 4.69) is 10.3 Å². The highest BCUT2D eigenvalue weighted by Crippen LogP contribution is 2.34. The number of allylic oxidation sites excluding steroid dienone is 4. The molecule has 0 bridgehead atoms. The summed E-state index contributed by atoms with van der Waals surface area (Å²) in [7, 11) is 3.20. The van der Waals surface area contributed by atoms with Gasteiger partial charge in [0.05, 0.1) is 24.4 Å². The summed E-state index contributed by atoms with van der Waals surface area (Å²) in [6.45, 7) is 0.350. The molecule has 0 radical (unpaired) electrons. The van der Waals surface area contributed by atoms with Crippen molar-refractivity contribution in [3.8, 4) is 5.75 Å². The lowest BCUT2D eigenvalue weighted by atomic mass is 10.0. The molecule has 0 spiro atoms. The normalized spacial score (nSPS) is 20.1. The minimum atomic E-state index is -0.713. The van der Waals surface area contributed by atoms with Gasteiger partial charge < -0.3 is 24.6 Å². The number of benzene rings is 1. The topological polar surface area (TPSA) is 79.6 Å². The van der Waals surface area contributed by atoms with Gasteiger partial charge in [0.1, 0.15) is 12.1 Å². The van der Waals surface area contributed by atoms with Crippen molar-refractivity contribution in [1.29, 1.82) is 0 Å². The molecule has 1 aromatic heterocycles. The van der Waals surface area contributed by atoms with Crippen molar-refractivity contribution >= 4 is 35.0 Å². The average Bonchev–Trinajstić information content (AvgIpc) is 2.75. The van der Waals surface area contributed by atoms with Crippen LogP contribution in [0.5, 0.6) is 5.75 Å². The molecule has 162 valence electrons. The number of aliphatic hydroxyl groups excluding tert-OH is 1. The molecule has 1 aliphatic carbocycles. The Balaban J connectivity index is 1.72. The Labute approximate surface area is 183 Å². The third-order valence-electron chi connectivity index (χ3n) is 5.32. The number of methoxy groups -OCH3 is 1. The Kier molecular flexibility index (Phi) is 5.84. The van der Waals surface area contributed by atoms with E-state index in [1.165, 1.54) is 13.2 Å². The number of aromatic nitrogens is 2. The molecule has 2 aromatic rings. The molecule has 2 unspecified atom stereocenters. The summed E-state index contributed by atoms with van der Waals surface area (Å²) in [6, 6.07) is 5.61. The second-order valence-corrected chi connectivity index (χ2v) is 7.89. The average molecular weight is 445 g/mol. The maximum absolute atomic E-state index is 13.6. The third kappa shape index (κ3) is 4.22. The first kappa shape index (κ1) is 21.1. The van der Waals surface area contributed by atoms with Crippen molar-refractivity contribution in [1.82, 2.24) is 9.55 Å². The lowest BCUT2D eigenvalue weighted by molar-refractivity contribution is 0.223. The van der Waals surface area contributed by atoms with Crippen molar-refractivity contribution in [3.05, 3.63) is 69.9 Å². The van der Waals surface area contributed by atoms with Gasteiger partial charge in [0.2, 0.25) is 11.7 Å². The maximum Gasteiger partial charge on any atom is 0.316 e. The Bertz CT molecular complexity index is 1160. The van der Waals surface area contributed by atoms with Gasteiger partial charge in [-0.2, -0.15) is 4.98 Å². The van der Waals surface area contributed by atoms with Crippen molar-refractivity contribution in [3.63, 3.8) is 0 Å². The van der Waals surface area contributed by atoms with Gasteiger partial charge in [-0.05, 0) is 36.3 Å². The summed E-state index contributed by atoms with van der Waals surface area (Å²) < 4.78 is 20.5. The first-order chi connectivity index (χ1) is 14.9. The van der Waals surface area contributed by atoms with Gasteiger partial charge >= 0.3 is 5.56 Å². The molecule has 0 fully saturated rings. The summed E-state index contributed by atoms with van der Waals surface area (Å²) in [6.07, 6.45) is 7.75. The van der Waals surface area contributed by atoms with Gasteiger partial charge in [0.15, 0.2) is 0 Å². The van der Waals surface area contributed by atoms with E-state index in [-0.39, 0.29) is 11.6 Å². The van der Waals surface area contributed by atoms with Crippen molar-refractivity contribution in [2.24, 2.45) is 0 Å². The monoisotopic (exact) mass is 444 g/mol. The van der Waals surface area contributed by atoms with Gasteiger partial charge in [0.25, 0.3) is 0 Å². The van der Waals surface area contributed by atoms with Crippen LogP contribution in [-0.4, -0.2) is 40.4 Å². The molecule has 0 saturated carbocycles. The van der Waals surface area contributed by atoms with Crippen LogP contribution < -0.4 is 20.5 Å². The predicted molar refractivity (Wildman–Crippen MR) is 120 cm³/mol. The van der Waals surface area contributed by atoms with Crippen LogP contribution in [0.25, 0.3) is 6.08 Å². The van der Waals surface area contributed by atoms with Crippen LogP contribution in [-0.2, 0) is 6.54 Å². The number of anilines is 3. The molecule has 2 atom stereocenters. The number of rotatable bonds is 5. The Morgan fingerprint density at radius 1 is 1.39 bits per heavy atom. The molecular weight excluding hydrogens is 423 g/mol. The van der Waals surface area contributed by atoms with E-state index in [4.69, 9.17) is 16.3 Å². The highest BCUT2D eigenvalue weighted by Gasteiger charge is 2.21. The third-order valence-corrected chi connectivity index (χ3v) is 5.68. The molecule has 2 heterocycles. The fourth-order valence-electron chi connectivity index (χ4n) is 3.59. The van der Waals surface area contributed by atoms with Crippen LogP contribution >= 0.6 is 11.6 Å². The molecule has 0 saturated heterocycles. The molecule has 7 nitrogen and oxygen atoms in total. The molecule has 0 amide bonds. The highest BCUT2D eigenvalue weighted by molar-refractivity contribution is 6.22. The van der Waals surface area contributed by atoms with Crippen LogP contribution in [0.3, 0.4) is 0 Å². The van der Waals surface area contributed by atoms with E-state index in [0.717, 1.165) is 22.5 Å². The minimum Gasteiger partial charge on any atom is -0.490 e. The molecule has 2 N–H and O–H groups in total. The Morgan fingerprint density at radius 3 is 2.94 bits per heavy atom. The quantitative estimate of drug-likeness (QED) is 0.686. The van der Waals surface area contributed by atoms with E-state index in [1.54, 1.807) is 34.9 Å². The summed E-state index contributed by atoms with van der Waals surface area (Å²) >= 11 is 6.05. The number of likely N-dealkylation sites (N-methyl/N-ethyl adjacent to an activating group) is 1. The first-order valence-electron chi connectivity index (χ1n) is 9.71. The fourth-order valence-corrected chi connectivity index (χ4v) is 3.86. The molecule has 4 rings (SSSR count). The number of aliphatic hydroxyl groups is 1. The molecular formula is C22H22ClFN4O3. The van der Waals surface area contributed by atoms with Crippen molar-refractivity contribution in [2.45, 2.75) is 24.6 Å². The van der Waals surface area contributed by atoms with Gasteiger partial charge in [-0.1, -0.05) is 18.2 Å². The van der Waals surface area contributed by atoms with E-state index in [1.807, 2.05) is 24.3 Å². The number of fused-ring (bicyclic) bond motifs is 1.